The first-order chi connectivity index (χ1) is 9.47. The minimum atomic E-state index is -2.57. The van der Waals surface area contributed by atoms with Crippen molar-refractivity contribution in [1.82, 2.24) is 0 Å². The highest BCUT2D eigenvalue weighted by molar-refractivity contribution is 5.89. The van der Waals surface area contributed by atoms with Gasteiger partial charge in [-0.3, -0.25) is 0 Å². The molecule has 0 rings (SSSR count). The average molecular weight is 300 g/mol. The van der Waals surface area contributed by atoms with Gasteiger partial charge in [-0.1, -0.05) is 26.5 Å². The molecule has 0 aliphatic heterocycles. The van der Waals surface area contributed by atoms with E-state index in [4.69, 9.17) is 9.47 Å². The Morgan fingerprint density at radius 2 is 1.43 bits per heavy atom. The minimum Gasteiger partial charge on any atom is -0.413 e. The Bertz CT molecular complexity index is 402. The summed E-state index contributed by atoms with van der Waals surface area (Å²) < 4.78 is 10.1. The molecule has 0 radical (unpaired) electrons. The van der Waals surface area contributed by atoms with Gasteiger partial charge in [0.05, 0.1) is 0 Å². The van der Waals surface area contributed by atoms with Crippen molar-refractivity contribution in [2.75, 3.05) is 0 Å². The van der Waals surface area contributed by atoms with Gasteiger partial charge in [-0.2, -0.15) is 0 Å². The van der Waals surface area contributed by atoms with E-state index in [9.17, 15) is 19.8 Å². The van der Waals surface area contributed by atoms with Gasteiger partial charge >= 0.3 is 17.7 Å². The topological polar surface area (TPSA) is 93.1 Å². The van der Waals surface area contributed by atoms with E-state index >= 15 is 0 Å². The van der Waals surface area contributed by atoms with Gasteiger partial charge < -0.3 is 19.7 Å². The first-order valence-electron chi connectivity index (χ1n) is 6.69. The van der Waals surface area contributed by atoms with Crippen molar-refractivity contribution in [2.45, 2.75) is 58.5 Å². The third-order valence-electron chi connectivity index (χ3n) is 2.79. The highest BCUT2D eigenvalue weighted by atomic mass is 16.8. The molecular formula is C15H24O6. The number of carbonyl (C=O) groups is 2. The summed E-state index contributed by atoms with van der Waals surface area (Å²) in [5.41, 5.74) is 0.0954. The average Bonchev–Trinajstić information content (AvgIpc) is 2.33. The number of hydrogen-bond acceptors (Lipinski definition) is 6. The molecule has 6 nitrogen and oxygen atoms in total. The molecule has 0 unspecified atom stereocenters. The van der Waals surface area contributed by atoms with Crippen LogP contribution in [-0.2, 0) is 19.1 Å². The van der Waals surface area contributed by atoms with Crippen molar-refractivity contribution in [2.24, 2.45) is 0 Å². The van der Waals surface area contributed by atoms with Crippen molar-refractivity contribution in [1.29, 1.82) is 0 Å². The molecule has 0 fully saturated rings. The molecule has 0 aromatic carbocycles. The van der Waals surface area contributed by atoms with E-state index in [1.54, 1.807) is 0 Å². The third-order valence-corrected chi connectivity index (χ3v) is 2.79. The van der Waals surface area contributed by atoms with E-state index in [1.807, 2.05) is 6.92 Å². The summed E-state index contributed by atoms with van der Waals surface area (Å²) in [6.45, 7) is 12.5. The van der Waals surface area contributed by atoms with Gasteiger partial charge in [-0.15, -0.1) is 0 Å². The predicted octanol–water partition coefficient (Wildman–Crippen LogP) is 1.81. The molecule has 6 heteroatoms. The number of ether oxygens (including phenoxy) is 2. The maximum Gasteiger partial charge on any atom is 0.336 e. The molecule has 0 bridgehead atoms. The van der Waals surface area contributed by atoms with Crippen molar-refractivity contribution in [3.8, 4) is 0 Å². The van der Waals surface area contributed by atoms with E-state index in [2.05, 4.69) is 13.2 Å². The zero-order valence-electron chi connectivity index (χ0n) is 13.1. The van der Waals surface area contributed by atoms with E-state index < -0.39 is 23.5 Å². The van der Waals surface area contributed by atoms with Crippen LogP contribution < -0.4 is 0 Å². The van der Waals surface area contributed by atoms with Gasteiger partial charge in [0.25, 0.3) is 0 Å². The smallest absolute Gasteiger partial charge is 0.336 e. The van der Waals surface area contributed by atoms with Crippen LogP contribution in [0.5, 0.6) is 0 Å². The van der Waals surface area contributed by atoms with Gasteiger partial charge in [-0.25, -0.2) is 9.59 Å². The zero-order valence-corrected chi connectivity index (χ0v) is 13.1. The van der Waals surface area contributed by atoms with Crippen LogP contribution in [0.1, 0.15) is 47.0 Å². The van der Waals surface area contributed by atoms with Crippen molar-refractivity contribution in [3.05, 3.63) is 24.3 Å². The van der Waals surface area contributed by atoms with E-state index in [1.165, 1.54) is 13.8 Å². The number of rotatable bonds is 8. The van der Waals surface area contributed by atoms with E-state index in [0.717, 1.165) is 6.92 Å². The summed E-state index contributed by atoms with van der Waals surface area (Å²) in [5, 5.41) is 19.9. The molecule has 0 aliphatic carbocycles. The molecule has 0 saturated carbocycles. The summed E-state index contributed by atoms with van der Waals surface area (Å²) >= 11 is 0. The second-order valence-electron chi connectivity index (χ2n) is 5.22. The van der Waals surface area contributed by atoms with Crippen LogP contribution >= 0.6 is 0 Å². The third kappa shape index (κ3) is 5.32. The number of unbranched alkanes of at least 4 members (excludes halogenated alkanes) is 1. The van der Waals surface area contributed by atoms with Gasteiger partial charge in [-0.05, 0) is 27.2 Å². The molecule has 120 valence electrons. The monoisotopic (exact) mass is 300 g/mol. The van der Waals surface area contributed by atoms with Crippen molar-refractivity contribution in [3.63, 3.8) is 0 Å². The Balaban J connectivity index is 5.62. The summed E-state index contributed by atoms with van der Waals surface area (Å²) in [4.78, 5) is 23.5. The molecule has 0 aromatic heterocycles. The molecule has 0 aromatic rings. The van der Waals surface area contributed by atoms with Crippen LogP contribution in [0.4, 0.5) is 0 Å². The number of hydrogen-bond donors (Lipinski definition) is 2. The zero-order chi connectivity index (χ0) is 16.8. The first kappa shape index (κ1) is 19.3. The number of esters is 2. The predicted molar refractivity (Wildman–Crippen MR) is 76.9 cm³/mol. The van der Waals surface area contributed by atoms with Gasteiger partial charge in [0.1, 0.15) is 0 Å². The molecule has 0 amide bonds. The summed E-state index contributed by atoms with van der Waals surface area (Å²) in [5.74, 6) is -6.54. The lowest BCUT2D eigenvalue weighted by molar-refractivity contribution is -0.354. The fourth-order valence-electron chi connectivity index (χ4n) is 1.44. The molecule has 0 spiro atoms. The Kier molecular flexibility index (Phi) is 6.79. The van der Waals surface area contributed by atoms with Gasteiger partial charge in [0.15, 0.2) is 0 Å². The lowest BCUT2D eigenvalue weighted by Crippen LogP contribution is -2.58. The molecule has 0 atom stereocenters. The van der Waals surface area contributed by atoms with Crippen molar-refractivity contribution >= 4 is 11.9 Å². The van der Waals surface area contributed by atoms with Crippen LogP contribution in [-0.4, -0.2) is 33.7 Å². The number of carbonyl (C=O) groups excluding carboxylic acids is 2. The Labute approximate surface area is 125 Å². The largest absolute Gasteiger partial charge is 0.413 e. The lowest BCUT2D eigenvalue weighted by atomic mass is 10.00. The molecule has 21 heavy (non-hydrogen) atoms. The number of aliphatic hydroxyl groups is 2. The Hall–Kier alpha value is -1.66. The van der Waals surface area contributed by atoms with Crippen molar-refractivity contribution < 1.29 is 29.3 Å². The molecule has 0 heterocycles. The molecule has 2 N–H and O–H groups in total. The standard InChI is InChI=1S/C15H24O6/c1-7-8-9-15(14(6,18)19,20-12(16)10(2)3)21-13(17)11(4)5/h18-19H,2,4,7-9H2,1,3,5-6H3. The maximum absolute atomic E-state index is 11.8. The maximum atomic E-state index is 11.8. The summed E-state index contributed by atoms with van der Waals surface area (Å²) in [6, 6.07) is 0. The van der Waals surface area contributed by atoms with Crippen LogP contribution in [0.3, 0.4) is 0 Å². The van der Waals surface area contributed by atoms with Gasteiger partial charge in [0.2, 0.25) is 5.79 Å². The van der Waals surface area contributed by atoms with Crippen LogP contribution in [0.25, 0.3) is 0 Å². The van der Waals surface area contributed by atoms with Gasteiger partial charge in [0, 0.05) is 17.6 Å². The SMILES string of the molecule is C=C(C)C(=O)OC(CCCC)(OC(=O)C(=C)C)C(C)(O)O. The minimum absolute atomic E-state index is 0.0477. The van der Waals surface area contributed by atoms with E-state index in [-0.39, 0.29) is 17.6 Å². The highest BCUT2D eigenvalue weighted by Crippen LogP contribution is 2.33. The summed E-state index contributed by atoms with van der Waals surface area (Å²) in [7, 11) is 0. The van der Waals surface area contributed by atoms with E-state index in [0.29, 0.717) is 12.8 Å². The second-order valence-corrected chi connectivity index (χ2v) is 5.22. The van der Waals surface area contributed by atoms with Crippen LogP contribution in [0.2, 0.25) is 0 Å². The molecule has 0 saturated heterocycles. The fraction of sp³-hybridized carbons (Fsp3) is 0.600. The first-order valence-corrected chi connectivity index (χ1v) is 6.69. The lowest BCUT2D eigenvalue weighted by Gasteiger charge is -2.39. The Morgan fingerprint density at radius 3 is 1.67 bits per heavy atom. The highest BCUT2D eigenvalue weighted by Gasteiger charge is 2.53. The summed E-state index contributed by atoms with van der Waals surface area (Å²) in [6.07, 6.45) is 1.06. The van der Waals surface area contributed by atoms with Crippen LogP contribution in [0.15, 0.2) is 24.3 Å². The normalized spacial score (nSPS) is 11.7. The Morgan fingerprint density at radius 1 is 1.05 bits per heavy atom. The van der Waals surface area contributed by atoms with Crippen LogP contribution in [0, 0.1) is 0 Å². The fourth-order valence-corrected chi connectivity index (χ4v) is 1.44. The molecular weight excluding hydrogens is 276 g/mol. The molecule has 0 aliphatic rings. The quantitative estimate of drug-likeness (QED) is 0.403. The second kappa shape index (κ2) is 7.38.